The maximum atomic E-state index is 5.96. The Bertz CT molecular complexity index is 4300. The maximum Gasteiger partial charge on any atom is 0.123 e. The van der Waals surface area contributed by atoms with Gasteiger partial charge in [0.25, 0.3) is 0 Å². The van der Waals surface area contributed by atoms with Crippen LogP contribution in [0.15, 0.2) is 314 Å². The molecule has 5 aliphatic rings. The Balaban J connectivity index is 0.000000300. The predicted octanol–water partition coefficient (Wildman–Crippen LogP) is 37.0. The fraction of sp³-hybridized carbons (Fsp3) is 0.405. The van der Waals surface area contributed by atoms with Gasteiger partial charge in [0, 0.05) is 45.8 Å². The van der Waals surface area contributed by atoms with Crippen LogP contribution in [0.3, 0.4) is 0 Å². The van der Waals surface area contributed by atoms with Crippen LogP contribution in [0.2, 0.25) is 0 Å². The number of ether oxygens (including phenoxy) is 1. The van der Waals surface area contributed by atoms with Crippen molar-refractivity contribution in [3.8, 4) is 16.9 Å². The number of hydrogen-bond donors (Lipinski definition) is 0. The first-order valence-corrected chi connectivity index (χ1v) is 49.0. The molecule has 0 amide bonds. The van der Waals surface area contributed by atoms with Gasteiger partial charge in [0.2, 0.25) is 0 Å². The number of benzene rings is 12. The zero-order valence-electron chi connectivity index (χ0n) is 82.3. The van der Waals surface area contributed by atoms with E-state index in [9.17, 15) is 0 Å². The summed E-state index contributed by atoms with van der Waals surface area (Å²) in [7, 11) is 0. The van der Waals surface area contributed by atoms with E-state index in [1.165, 1.54) is 101 Å². The summed E-state index contributed by atoms with van der Waals surface area (Å²) in [5.41, 5.74) is 28.4. The SMILES string of the molecule is CC.CC.CC.CC.CC.CC.CC.CC.CC(C)C(c1ccccc1)c1ccccc1.CC(C)C1c2ccccc2C2C(c3ccccc31)C2(C)C.CC(C)C1c2ccccc2CCc2ccccc21.CC(C)C1c2ccccc2COc2ccccc21.CC(C)C1c2ccccc2CSc2ccccc21.CC(C)Cc1ccccc1-c1ccccc1. The molecule has 2 heteroatoms. The molecule has 123 heavy (non-hydrogen) atoms. The molecule has 4 unspecified atom stereocenters. The van der Waals surface area contributed by atoms with Crippen LogP contribution in [0.25, 0.3) is 11.1 Å². The van der Waals surface area contributed by atoms with Gasteiger partial charge in [0.15, 0.2) is 0 Å². The van der Waals surface area contributed by atoms with Crippen LogP contribution in [-0.2, 0) is 31.6 Å². The van der Waals surface area contributed by atoms with Gasteiger partial charge in [-0.1, -0.05) is 505 Å². The van der Waals surface area contributed by atoms with Crippen molar-refractivity contribution in [1.29, 1.82) is 0 Å². The highest BCUT2D eigenvalue weighted by Gasteiger charge is 2.61. The van der Waals surface area contributed by atoms with E-state index in [2.05, 4.69) is 400 Å². The summed E-state index contributed by atoms with van der Waals surface area (Å²) in [5.74, 6) is 9.87. The van der Waals surface area contributed by atoms with Crippen molar-refractivity contribution in [2.75, 3.05) is 0 Å². The molecule has 1 saturated carbocycles. The second-order valence-corrected chi connectivity index (χ2v) is 34.1. The quantitative estimate of drug-likeness (QED) is 0.135. The fourth-order valence-corrected chi connectivity index (χ4v) is 19.3. The van der Waals surface area contributed by atoms with Crippen molar-refractivity contribution in [2.24, 2.45) is 40.9 Å². The maximum absolute atomic E-state index is 5.96. The monoisotopic (exact) mass is 1670 g/mol. The Hall–Kier alpha value is -9.21. The van der Waals surface area contributed by atoms with E-state index in [1.54, 1.807) is 22.3 Å². The summed E-state index contributed by atoms with van der Waals surface area (Å²) in [6.45, 7) is 65.3. The van der Waals surface area contributed by atoms with Gasteiger partial charge in [0.1, 0.15) is 12.4 Å². The molecule has 0 bridgehead atoms. The topological polar surface area (TPSA) is 9.23 Å². The number of thioether (sulfide) groups is 1. The van der Waals surface area contributed by atoms with Crippen LogP contribution in [0.5, 0.6) is 5.75 Å². The van der Waals surface area contributed by atoms with Crippen LogP contribution in [0.1, 0.15) is 344 Å². The van der Waals surface area contributed by atoms with Crippen molar-refractivity contribution in [3.05, 3.63) is 404 Å². The van der Waals surface area contributed by atoms with Gasteiger partial charge in [-0.2, -0.15) is 0 Å². The Morgan fingerprint density at radius 1 is 0.293 bits per heavy atom. The molecular formula is C121H164OS. The number of para-hydroxylation sites is 1. The zero-order valence-corrected chi connectivity index (χ0v) is 83.1. The summed E-state index contributed by atoms with van der Waals surface area (Å²) in [5, 5.41) is 0. The molecular weight excluding hydrogens is 1500 g/mol. The van der Waals surface area contributed by atoms with Gasteiger partial charge >= 0.3 is 0 Å². The molecule has 2 aliphatic heterocycles. The third-order valence-electron chi connectivity index (χ3n) is 23.0. The van der Waals surface area contributed by atoms with Gasteiger partial charge < -0.3 is 4.74 Å². The van der Waals surface area contributed by atoms with Crippen LogP contribution in [-0.4, -0.2) is 0 Å². The van der Waals surface area contributed by atoms with E-state index in [0.717, 1.165) is 17.9 Å². The Morgan fingerprint density at radius 3 is 1.02 bits per heavy atom. The first-order chi connectivity index (χ1) is 59.9. The van der Waals surface area contributed by atoms with E-state index in [4.69, 9.17) is 4.74 Å². The average Bonchev–Trinajstić information content (AvgIpc) is 1.52. The highest BCUT2D eigenvalue weighted by atomic mass is 32.2. The lowest BCUT2D eigenvalue weighted by Gasteiger charge is -2.26. The van der Waals surface area contributed by atoms with E-state index >= 15 is 0 Å². The number of rotatable bonds is 10. The molecule has 17 rings (SSSR count). The molecule has 0 saturated heterocycles. The molecule has 1 nitrogen and oxygen atoms in total. The number of aryl methyl sites for hydroxylation is 2. The Morgan fingerprint density at radius 2 is 0.593 bits per heavy atom. The smallest absolute Gasteiger partial charge is 0.123 e. The van der Waals surface area contributed by atoms with Gasteiger partial charge in [-0.05, 0) is 184 Å². The summed E-state index contributed by atoms with van der Waals surface area (Å²) in [6.07, 6.45) is 3.50. The molecule has 0 aromatic heterocycles. The zero-order chi connectivity index (χ0) is 91.1. The minimum Gasteiger partial charge on any atom is -0.489 e. The van der Waals surface area contributed by atoms with Crippen LogP contribution < -0.4 is 4.74 Å². The Kier molecular flexibility index (Phi) is 49.5. The molecule has 660 valence electrons. The highest BCUT2D eigenvalue weighted by molar-refractivity contribution is 7.98. The molecule has 1 fully saturated rings. The summed E-state index contributed by atoms with van der Waals surface area (Å²) in [4.78, 5) is 1.45. The van der Waals surface area contributed by atoms with Crippen LogP contribution in [0.4, 0.5) is 0 Å². The first-order valence-electron chi connectivity index (χ1n) is 48.1. The van der Waals surface area contributed by atoms with Crippen molar-refractivity contribution in [1.82, 2.24) is 0 Å². The third kappa shape index (κ3) is 28.9. The minimum absolute atomic E-state index is 0.397. The molecule has 0 N–H and O–H groups in total. The normalized spacial score (nSPS) is 15.5. The van der Waals surface area contributed by atoms with Crippen molar-refractivity contribution in [2.45, 2.75) is 286 Å². The second kappa shape index (κ2) is 57.3. The first kappa shape index (κ1) is 106. The molecule has 2 heterocycles. The summed E-state index contributed by atoms with van der Waals surface area (Å²) < 4.78 is 5.96. The average molecular weight is 1670 g/mol. The number of hydrogen-bond acceptors (Lipinski definition) is 2. The standard InChI is InChI=1S/C21H24.C18H20.C17H18O.C17H18S.2C16H18.8C2H6/c1-13(2)18-14-9-5-7-11-16(14)19-20(21(19,3)4)17-12-8-6-10-15(17)18;1-13(2)18-16-9-5-3-7-14(16)11-12-15-8-4-6-10-17(15)18;2*1-12(2)17-14-8-4-3-7-13(14)11-18-16-10-6-5-9-15(16)17;1-13(2)16(14-9-5-3-6-10-14)15-11-7-4-8-12-15;1-13(2)12-15-10-6-7-11-16(15)14-8-4-3-5-9-14;8*1-2/h5-13,18-20H,1-4H3;3-10,13,18H,11-12H2,1-2H3;2*3-10,12,17H,11H2,1-2H3;3-13,16H,1-2H3;3-11,13H,12H2,1-2H3;8*1-2H3. The summed E-state index contributed by atoms with van der Waals surface area (Å²) >= 11 is 1.97. The molecule has 0 radical (unpaired) electrons. The molecule has 0 spiro atoms. The lowest BCUT2D eigenvalue weighted by atomic mass is 9.78. The van der Waals surface area contributed by atoms with E-state index in [1.807, 2.05) is 129 Å². The second-order valence-electron chi connectivity index (χ2n) is 33.0. The number of fused-ring (bicyclic) bond motifs is 11. The largest absolute Gasteiger partial charge is 0.489 e. The van der Waals surface area contributed by atoms with Crippen LogP contribution in [0, 0.1) is 40.9 Å². The van der Waals surface area contributed by atoms with E-state index in [-0.39, 0.29) is 0 Å². The minimum atomic E-state index is 0.397. The molecule has 12 aromatic rings. The van der Waals surface area contributed by atoms with E-state index < -0.39 is 0 Å². The van der Waals surface area contributed by atoms with Crippen LogP contribution >= 0.6 is 11.8 Å². The molecule has 4 atom stereocenters. The lowest BCUT2D eigenvalue weighted by molar-refractivity contribution is 0.306. The predicted molar refractivity (Wildman–Crippen MR) is 550 cm³/mol. The molecule has 12 aromatic carbocycles. The lowest BCUT2D eigenvalue weighted by Crippen LogP contribution is -2.13. The Labute approximate surface area is 758 Å². The van der Waals surface area contributed by atoms with Crippen molar-refractivity contribution < 1.29 is 4.74 Å². The van der Waals surface area contributed by atoms with Gasteiger partial charge in [-0.3, -0.25) is 0 Å². The van der Waals surface area contributed by atoms with Gasteiger partial charge in [-0.25, -0.2) is 0 Å². The highest BCUT2D eigenvalue weighted by Crippen LogP contribution is 2.73. The van der Waals surface area contributed by atoms with Gasteiger partial charge in [-0.15, -0.1) is 11.8 Å². The van der Waals surface area contributed by atoms with Crippen molar-refractivity contribution >= 4 is 11.8 Å². The fourth-order valence-electron chi connectivity index (χ4n) is 18.2. The van der Waals surface area contributed by atoms with E-state index in [0.29, 0.717) is 89.0 Å². The third-order valence-corrected chi connectivity index (χ3v) is 24.2. The summed E-state index contributed by atoms with van der Waals surface area (Å²) in [6, 6.07) is 112. The van der Waals surface area contributed by atoms with Crippen molar-refractivity contribution in [3.63, 3.8) is 0 Å². The molecule has 3 aliphatic carbocycles. The van der Waals surface area contributed by atoms with Gasteiger partial charge in [0.05, 0.1) is 0 Å².